The first-order valence-electron chi connectivity index (χ1n) is 10.4. The van der Waals surface area contributed by atoms with Crippen molar-refractivity contribution in [3.05, 3.63) is 47.6 Å². The van der Waals surface area contributed by atoms with Crippen molar-refractivity contribution in [2.45, 2.75) is 43.3 Å². The summed E-state index contributed by atoms with van der Waals surface area (Å²) in [6.45, 7) is 0.947. The smallest absolute Gasteiger partial charge is 0.240 e. The second kappa shape index (κ2) is 7.97. The zero-order valence-electron chi connectivity index (χ0n) is 16.9. The van der Waals surface area contributed by atoms with Gasteiger partial charge in [-0.05, 0) is 31.2 Å². The molecular weight excluding hydrogens is 418 g/mol. The zero-order chi connectivity index (χ0) is 21.4. The van der Waals surface area contributed by atoms with Gasteiger partial charge in [0.1, 0.15) is 5.82 Å². The number of nitrogen functional groups attached to an aromatic ring is 1. The predicted molar refractivity (Wildman–Crippen MR) is 112 cm³/mol. The van der Waals surface area contributed by atoms with E-state index in [1.807, 2.05) is 30.3 Å². The number of rotatable bonds is 6. The molecule has 2 aliphatic rings. The summed E-state index contributed by atoms with van der Waals surface area (Å²) in [5.41, 5.74) is 6.93. The molecule has 0 atom stereocenters. The Bertz CT molecular complexity index is 1170. The Morgan fingerprint density at radius 2 is 1.71 bits per heavy atom. The quantitative estimate of drug-likeness (QED) is 0.605. The van der Waals surface area contributed by atoms with E-state index < -0.39 is 10.0 Å². The van der Waals surface area contributed by atoms with E-state index in [0.29, 0.717) is 44.1 Å². The van der Waals surface area contributed by atoms with E-state index in [0.717, 1.165) is 18.4 Å². The van der Waals surface area contributed by atoms with Gasteiger partial charge >= 0.3 is 0 Å². The molecule has 0 radical (unpaired) electrons. The fourth-order valence-electron chi connectivity index (χ4n) is 3.82. The Balaban J connectivity index is 1.29. The third-order valence-corrected chi connectivity index (χ3v) is 8.05. The molecule has 1 aliphatic heterocycles. The first kappa shape index (κ1) is 20.0. The molecule has 0 bridgehead atoms. The highest BCUT2D eigenvalue weighted by Gasteiger charge is 2.41. The van der Waals surface area contributed by atoms with Gasteiger partial charge in [-0.2, -0.15) is 15.0 Å². The highest BCUT2D eigenvalue weighted by atomic mass is 32.2. The summed E-state index contributed by atoms with van der Waals surface area (Å²) in [6.07, 6.45) is 3.35. The molecule has 1 saturated carbocycles. The molecule has 2 N–H and O–H groups in total. The molecule has 3 heterocycles. The highest BCUT2D eigenvalue weighted by molar-refractivity contribution is 7.90. The Morgan fingerprint density at radius 1 is 0.968 bits per heavy atom. The van der Waals surface area contributed by atoms with E-state index in [-0.39, 0.29) is 28.8 Å². The van der Waals surface area contributed by atoms with Crippen molar-refractivity contribution in [2.24, 2.45) is 0 Å². The molecular formula is C20H23N7O3S. The summed E-state index contributed by atoms with van der Waals surface area (Å²) in [4.78, 5) is 17.3. The number of benzene rings is 1. The second-order valence-electron chi connectivity index (χ2n) is 7.97. The molecule has 162 valence electrons. The average Bonchev–Trinajstić information content (AvgIpc) is 3.52. The normalized spacial score (nSPS) is 18.3. The summed E-state index contributed by atoms with van der Waals surface area (Å²) in [5, 5.41) is 3.85. The van der Waals surface area contributed by atoms with Crippen LogP contribution in [0.4, 0.5) is 5.95 Å². The van der Waals surface area contributed by atoms with Gasteiger partial charge in [0.25, 0.3) is 0 Å². The largest absolute Gasteiger partial charge is 0.368 e. The monoisotopic (exact) mass is 441 g/mol. The standard InChI is InChI=1S/C20H23N7O3S/c21-20-23-16(12-13-4-2-1-3-5-13)22-17(25-20)18-24-19(30-26-18)14-8-10-27(11-9-14)31(28,29)15-6-7-15/h1-5,14-15H,6-12H2,(H2,21,22,23,25). The van der Waals surface area contributed by atoms with Crippen LogP contribution < -0.4 is 5.73 Å². The fourth-order valence-corrected chi connectivity index (χ4v) is 5.69. The lowest BCUT2D eigenvalue weighted by Gasteiger charge is -2.29. The third-order valence-electron chi connectivity index (χ3n) is 5.65. The van der Waals surface area contributed by atoms with Crippen molar-refractivity contribution in [3.8, 4) is 11.6 Å². The van der Waals surface area contributed by atoms with Crippen molar-refractivity contribution < 1.29 is 12.9 Å². The van der Waals surface area contributed by atoms with Crippen LogP contribution in [0.15, 0.2) is 34.9 Å². The molecule has 0 amide bonds. The van der Waals surface area contributed by atoms with Gasteiger partial charge in [0.15, 0.2) is 0 Å². The SMILES string of the molecule is Nc1nc(Cc2ccccc2)nc(-c2noc(C3CCN(S(=O)(=O)C4CC4)CC3)n2)n1. The van der Waals surface area contributed by atoms with Gasteiger partial charge in [-0.25, -0.2) is 17.7 Å². The van der Waals surface area contributed by atoms with Crippen molar-refractivity contribution in [1.29, 1.82) is 0 Å². The van der Waals surface area contributed by atoms with Gasteiger partial charge in [0, 0.05) is 25.4 Å². The van der Waals surface area contributed by atoms with Gasteiger partial charge in [-0.15, -0.1) is 0 Å². The Labute approximate surface area is 180 Å². The molecule has 31 heavy (non-hydrogen) atoms. The zero-order valence-corrected chi connectivity index (χ0v) is 17.7. The van der Waals surface area contributed by atoms with E-state index in [9.17, 15) is 8.42 Å². The number of piperidine rings is 1. The molecule has 1 aliphatic carbocycles. The van der Waals surface area contributed by atoms with Gasteiger partial charge < -0.3 is 10.3 Å². The van der Waals surface area contributed by atoms with Gasteiger partial charge in [-0.3, -0.25) is 0 Å². The fraction of sp³-hybridized carbons (Fsp3) is 0.450. The van der Waals surface area contributed by atoms with E-state index >= 15 is 0 Å². The first-order valence-corrected chi connectivity index (χ1v) is 11.9. The maximum atomic E-state index is 12.4. The highest BCUT2D eigenvalue weighted by Crippen LogP contribution is 2.35. The van der Waals surface area contributed by atoms with Crippen LogP contribution in [-0.2, 0) is 16.4 Å². The molecule has 3 aromatic rings. The molecule has 1 aromatic carbocycles. The predicted octanol–water partition coefficient (Wildman–Crippen LogP) is 1.77. The number of nitrogens with zero attached hydrogens (tertiary/aromatic N) is 6. The van der Waals surface area contributed by atoms with Crippen LogP contribution >= 0.6 is 0 Å². The van der Waals surface area contributed by atoms with Gasteiger partial charge in [0.05, 0.1) is 5.25 Å². The van der Waals surface area contributed by atoms with E-state index in [4.69, 9.17) is 10.3 Å². The van der Waals surface area contributed by atoms with Crippen molar-refractivity contribution in [2.75, 3.05) is 18.8 Å². The molecule has 5 rings (SSSR count). The van der Waals surface area contributed by atoms with Crippen molar-refractivity contribution in [1.82, 2.24) is 29.4 Å². The Hall–Kier alpha value is -2.92. The molecule has 1 saturated heterocycles. The number of aromatic nitrogens is 5. The number of hydrogen-bond donors (Lipinski definition) is 1. The number of anilines is 1. The minimum Gasteiger partial charge on any atom is -0.368 e. The van der Waals surface area contributed by atoms with E-state index in [2.05, 4.69) is 25.1 Å². The lowest BCUT2D eigenvalue weighted by atomic mass is 9.98. The van der Waals surface area contributed by atoms with Crippen LogP contribution in [0.3, 0.4) is 0 Å². The number of sulfonamides is 1. The summed E-state index contributed by atoms with van der Waals surface area (Å²) in [7, 11) is -3.14. The molecule has 0 unspecified atom stereocenters. The molecule has 11 heteroatoms. The lowest BCUT2D eigenvalue weighted by Crippen LogP contribution is -2.39. The minimum absolute atomic E-state index is 0.00914. The van der Waals surface area contributed by atoms with Crippen molar-refractivity contribution >= 4 is 16.0 Å². The molecule has 2 aromatic heterocycles. The first-order chi connectivity index (χ1) is 15.0. The van der Waals surface area contributed by atoms with Gasteiger partial charge in [0.2, 0.25) is 33.5 Å². The summed E-state index contributed by atoms with van der Waals surface area (Å²) >= 11 is 0. The number of hydrogen-bond acceptors (Lipinski definition) is 9. The maximum absolute atomic E-state index is 12.4. The molecule has 0 spiro atoms. The minimum atomic E-state index is -3.14. The Kier molecular flexibility index (Phi) is 5.14. The number of nitrogens with two attached hydrogens (primary N) is 1. The van der Waals surface area contributed by atoms with Crippen LogP contribution in [0.25, 0.3) is 11.6 Å². The topological polar surface area (TPSA) is 141 Å². The van der Waals surface area contributed by atoms with Crippen LogP contribution in [0.5, 0.6) is 0 Å². The maximum Gasteiger partial charge on any atom is 0.240 e. The van der Waals surface area contributed by atoms with Gasteiger partial charge in [-0.1, -0.05) is 35.5 Å². The summed E-state index contributed by atoms with van der Waals surface area (Å²) in [6, 6.07) is 9.83. The lowest BCUT2D eigenvalue weighted by molar-refractivity contribution is 0.270. The summed E-state index contributed by atoms with van der Waals surface area (Å²) < 4.78 is 31.9. The van der Waals surface area contributed by atoms with E-state index in [1.54, 1.807) is 4.31 Å². The van der Waals surface area contributed by atoms with Crippen LogP contribution in [-0.4, -0.2) is 56.2 Å². The van der Waals surface area contributed by atoms with Crippen molar-refractivity contribution in [3.63, 3.8) is 0 Å². The average molecular weight is 442 g/mol. The molecule has 10 nitrogen and oxygen atoms in total. The Morgan fingerprint density at radius 3 is 2.42 bits per heavy atom. The molecule has 2 fully saturated rings. The van der Waals surface area contributed by atoms with Crippen LogP contribution in [0.1, 0.15) is 48.9 Å². The second-order valence-corrected chi connectivity index (χ2v) is 10.2. The third kappa shape index (κ3) is 4.28. The van der Waals surface area contributed by atoms with Crippen LogP contribution in [0, 0.1) is 0 Å². The van der Waals surface area contributed by atoms with Crippen LogP contribution in [0.2, 0.25) is 0 Å². The summed E-state index contributed by atoms with van der Waals surface area (Å²) in [5.74, 6) is 1.63. The van der Waals surface area contributed by atoms with E-state index in [1.165, 1.54) is 0 Å².